The number of unbranched alkanes of at least 4 members (excludes halogenated alkanes) is 4. The molecule has 0 aliphatic rings. The van der Waals surface area contributed by atoms with Crippen molar-refractivity contribution in [2.24, 2.45) is 0 Å². The molecule has 0 heterocycles. The molecule has 33 heavy (non-hydrogen) atoms. The van der Waals surface area contributed by atoms with Gasteiger partial charge in [-0.1, -0.05) is 53.4 Å². The fraction of sp³-hybridized carbons (Fsp3) is 0.957. The van der Waals surface area contributed by atoms with Gasteiger partial charge in [-0.15, -0.1) is 0 Å². The van der Waals surface area contributed by atoms with E-state index < -0.39 is 25.9 Å². The van der Waals surface area contributed by atoms with Gasteiger partial charge in [0.1, 0.15) is 12.2 Å². The first kappa shape index (κ1) is 32.5. The van der Waals surface area contributed by atoms with E-state index in [2.05, 4.69) is 20.8 Å². The average Bonchev–Trinajstić information content (AvgIpc) is 2.77. The largest absolute Gasteiger partial charge is 0.375 e. The third-order valence-electron chi connectivity index (χ3n) is 5.14. The molecule has 0 fully saturated rings. The molecular weight excluding hydrogens is 449 g/mol. The standard InChI is InChI=1S/C23H48NO8P/c1-5-9-14-29-21(13-18-33(26,27)28)23(31-16-11-7-3)22(30-15-10-6-2)19-24(20-25)32-17-12-8-4/h20-23H,5-19H2,1-4H3,(H2,26,27,28)/t21-,22-,23-/m1/s1. The zero-order valence-corrected chi connectivity index (χ0v) is 22.0. The molecule has 3 atom stereocenters. The third-order valence-corrected chi connectivity index (χ3v) is 5.98. The summed E-state index contributed by atoms with van der Waals surface area (Å²) in [6.07, 6.45) is 5.87. The van der Waals surface area contributed by atoms with Crippen LogP contribution < -0.4 is 0 Å². The highest BCUT2D eigenvalue weighted by Gasteiger charge is 2.35. The van der Waals surface area contributed by atoms with Crippen LogP contribution in [0, 0.1) is 0 Å². The first-order valence-electron chi connectivity index (χ1n) is 12.6. The van der Waals surface area contributed by atoms with Gasteiger partial charge in [0.15, 0.2) is 0 Å². The molecule has 1 amide bonds. The Bertz CT molecular complexity index is 505. The van der Waals surface area contributed by atoms with Crippen LogP contribution in [0.2, 0.25) is 0 Å². The van der Waals surface area contributed by atoms with Crippen molar-refractivity contribution in [2.45, 2.75) is 104 Å². The number of carbonyl (C=O) groups excluding carboxylic acids is 1. The van der Waals surface area contributed by atoms with E-state index in [0.717, 1.165) is 51.4 Å². The van der Waals surface area contributed by atoms with Crippen LogP contribution in [0.15, 0.2) is 0 Å². The van der Waals surface area contributed by atoms with E-state index in [-0.39, 0.29) is 19.1 Å². The SMILES string of the molecule is CCCCO[C@H]([C@@H](CCP(=O)(O)O)OCCCC)[C@@H](CN(C=O)OCCCC)OCCCC. The third kappa shape index (κ3) is 17.5. The molecule has 0 aliphatic heterocycles. The summed E-state index contributed by atoms with van der Waals surface area (Å²) in [5.41, 5.74) is 0. The maximum absolute atomic E-state index is 11.7. The van der Waals surface area contributed by atoms with Crippen molar-refractivity contribution in [3.63, 3.8) is 0 Å². The normalized spacial score (nSPS) is 14.7. The van der Waals surface area contributed by atoms with Gasteiger partial charge in [0.05, 0.1) is 25.4 Å². The van der Waals surface area contributed by atoms with Crippen molar-refractivity contribution in [3.8, 4) is 0 Å². The van der Waals surface area contributed by atoms with Gasteiger partial charge in [-0.05, 0) is 32.1 Å². The van der Waals surface area contributed by atoms with E-state index in [4.69, 9.17) is 19.0 Å². The minimum absolute atomic E-state index is 0.135. The van der Waals surface area contributed by atoms with Crippen molar-refractivity contribution in [1.82, 2.24) is 5.06 Å². The summed E-state index contributed by atoms with van der Waals surface area (Å²) in [6.45, 7) is 10.2. The fourth-order valence-corrected chi connectivity index (χ4v) is 3.69. The number of hydrogen-bond acceptors (Lipinski definition) is 6. The molecule has 0 unspecified atom stereocenters. The Kier molecular flexibility index (Phi) is 20.5. The van der Waals surface area contributed by atoms with Gasteiger partial charge in [0, 0.05) is 19.8 Å². The van der Waals surface area contributed by atoms with E-state index in [1.165, 1.54) is 5.06 Å². The second kappa shape index (κ2) is 20.8. The van der Waals surface area contributed by atoms with Crippen molar-refractivity contribution in [3.05, 3.63) is 0 Å². The number of carbonyl (C=O) groups is 1. The van der Waals surface area contributed by atoms with Gasteiger partial charge in [-0.3, -0.25) is 14.2 Å². The molecule has 0 aliphatic carbocycles. The van der Waals surface area contributed by atoms with Crippen LogP contribution >= 0.6 is 7.60 Å². The zero-order valence-electron chi connectivity index (χ0n) is 21.2. The van der Waals surface area contributed by atoms with Crippen LogP contribution in [-0.2, 0) is 28.4 Å². The quantitative estimate of drug-likeness (QED) is 0.0878. The van der Waals surface area contributed by atoms with E-state index in [1.54, 1.807) is 0 Å². The van der Waals surface area contributed by atoms with E-state index in [1.807, 2.05) is 6.92 Å². The molecule has 0 spiro atoms. The Balaban J connectivity index is 5.70. The van der Waals surface area contributed by atoms with Gasteiger partial charge >= 0.3 is 7.60 Å². The summed E-state index contributed by atoms with van der Waals surface area (Å²) in [5.74, 6) is 0. The molecule has 0 aromatic heterocycles. The summed E-state index contributed by atoms with van der Waals surface area (Å²) < 4.78 is 30.0. The maximum atomic E-state index is 11.7. The lowest BCUT2D eigenvalue weighted by atomic mass is 10.0. The average molecular weight is 498 g/mol. The number of nitrogens with zero attached hydrogens (tertiary/aromatic N) is 1. The molecule has 9 nitrogen and oxygen atoms in total. The van der Waals surface area contributed by atoms with Crippen LogP contribution in [0.5, 0.6) is 0 Å². The summed E-state index contributed by atoms with van der Waals surface area (Å²) in [4.78, 5) is 36.2. The summed E-state index contributed by atoms with van der Waals surface area (Å²) in [7, 11) is -4.21. The Labute approximate surface area is 200 Å². The topological polar surface area (TPSA) is 115 Å². The summed E-state index contributed by atoms with van der Waals surface area (Å²) in [5, 5.41) is 1.23. The highest BCUT2D eigenvalue weighted by atomic mass is 31.2. The van der Waals surface area contributed by atoms with Crippen molar-refractivity contribution < 1.29 is 38.2 Å². The molecule has 0 saturated carbocycles. The van der Waals surface area contributed by atoms with E-state index in [0.29, 0.717) is 32.8 Å². The van der Waals surface area contributed by atoms with Gasteiger partial charge in [0.2, 0.25) is 6.41 Å². The van der Waals surface area contributed by atoms with Gasteiger partial charge in [0.25, 0.3) is 0 Å². The lowest BCUT2D eigenvalue weighted by molar-refractivity contribution is -0.201. The van der Waals surface area contributed by atoms with Crippen molar-refractivity contribution in [2.75, 3.05) is 39.1 Å². The molecule has 2 N–H and O–H groups in total. The molecule has 0 aromatic carbocycles. The molecule has 0 bridgehead atoms. The Morgan fingerprint density at radius 1 is 0.788 bits per heavy atom. The second-order valence-corrected chi connectivity index (χ2v) is 10.1. The van der Waals surface area contributed by atoms with Crippen LogP contribution in [-0.4, -0.2) is 78.7 Å². The molecular formula is C23H48NO8P. The first-order valence-corrected chi connectivity index (χ1v) is 14.4. The molecule has 198 valence electrons. The minimum atomic E-state index is -4.21. The Hall–Kier alpha value is -0.540. The fourth-order valence-electron chi connectivity index (χ4n) is 3.09. The molecule has 0 radical (unpaired) electrons. The first-order chi connectivity index (χ1) is 15.8. The number of hydrogen-bond donors (Lipinski definition) is 2. The van der Waals surface area contributed by atoms with Crippen LogP contribution in [0.25, 0.3) is 0 Å². The lowest BCUT2D eigenvalue weighted by Gasteiger charge is -2.35. The summed E-state index contributed by atoms with van der Waals surface area (Å²) in [6, 6.07) is 0. The molecule has 10 heteroatoms. The van der Waals surface area contributed by atoms with Crippen LogP contribution in [0.3, 0.4) is 0 Å². The van der Waals surface area contributed by atoms with Crippen molar-refractivity contribution >= 4 is 14.0 Å². The molecule has 0 rings (SSSR count). The predicted octanol–water partition coefficient (Wildman–Crippen LogP) is 4.30. The van der Waals surface area contributed by atoms with Gasteiger partial charge < -0.3 is 24.0 Å². The maximum Gasteiger partial charge on any atom is 0.325 e. The predicted molar refractivity (Wildman–Crippen MR) is 129 cm³/mol. The van der Waals surface area contributed by atoms with Crippen LogP contribution in [0.4, 0.5) is 0 Å². The van der Waals surface area contributed by atoms with Crippen LogP contribution in [0.1, 0.15) is 85.5 Å². The highest BCUT2D eigenvalue weighted by molar-refractivity contribution is 7.51. The molecule has 0 saturated heterocycles. The molecule has 0 aromatic rings. The smallest absolute Gasteiger partial charge is 0.325 e. The number of ether oxygens (including phenoxy) is 3. The van der Waals surface area contributed by atoms with E-state index >= 15 is 0 Å². The number of rotatable bonds is 24. The van der Waals surface area contributed by atoms with Crippen molar-refractivity contribution in [1.29, 1.82) is 0 Å². The second-order valence-electron chi connectivity index (χ2n) is 8.28. The zero-order chi connectivity index (χ0) is 25.0. The Morgan fingerprint density at radius 3 is 1.76 bits per heavy atom. The number of hydroxylamine groups is 2. The minimum Gasteiger partial charge on any atom is -0.375 e. The summed E-state index contributed by atoms with van der Waals surface area (Å²) >= 11 is 0. The lowest BCUT2D eigenvalue weighted by Crippen LogP contribution is -2.49. The number of amides is 1. The Morgan fingerprint density at radius 2 is 1.27 bits per heavy atom. The van der Waals surface area contributed by atoms with E-state index in [9.17, 15) is 19.1 Å². The van der Waals surface area contributed by atoms with Gasteiger partial charge in [-0.25, -0.2) is 5.06 Å². The van der Waals surface area contributed by atoms with Gasteiger partial charge in [-0.2, -0.15) is 0 Å². The highest BCUT2D eigenvalue weighted by Crippen LogP contribution is 2.36. The monoisotopic (exact) mass is 497 g/mol.